The maximum atomic E-state index is 13.8. The van der Waals surface area contributed by atoms with E-state index in [1.54, 1.807) is 0 Å². The third-order valence-electron chi connectivity index (χ3n) is 33.5. The molecule has 0 N–H and O–H groups in total. The van der Waals surface area contributed by atoms with Crippen molar-refractivity contribution >= 4 is 29.5 Å². The Hall–Kier alpha value is -2.85. The molecule has 23 atom stereocenters. The molecule has 12 fully saturated rings. The summed E-state index contributed by atoms with van der Waals surface area (Å²) in [6.45, 7) is 76.4. The molecule has 2 aliphatic carbocycles. The first-order valence-corrected chi connectivity index (χ1v) is 49.4. The molecule has 0 aromatic carbocycles. The van der Waals surface area contributed by atoms with Crippen LogP contribution in [0.5, 0.6) is 0 Å². The molecule has 0 aromatic rings. The standard InChI is InChI=1S/C21H37NO2.C21H39NO2.C20H35NO2.2C20H37NO2.CH4/c1-14(2)18-13-16-7-6-8-17(16)22(18)20(23)19(15(3)4)21(5)9-11-24-12-10-21;1-12(2)19-9-14(5)17(8)22(19)21(23)20(13(3)4)18-10-15(6)24-16(7)11-18;1-13(2)18-11-15-7-5-9-17(15)21(18)20(22)19(14(3)4)16-8-6-10-23-12-16;2*1-13(2)17-12-15(5)16(6)21(17)19(22)18(14(3)4)20(7)8-10-23-11-9-20;/h14-19H,6-13H2,1-5H3;12-20H,9-11H2,1-8H3;13-19H,5-12H2,1-4H3;2*13-18H,8-12H2,1-7H3;1H4/t16?,17?,18-,19?;14?,15?,16?,17?,18?,19-,20?;15?,16?,17?,18-,19?;2*15?,16?,17-,18?;/m00000./s1. The maximum absolute atomic E-state index is 13.8. The highest BCUT2D eigenvalue weighted by Crippen LogP contribution is 2.53. The summed E-state index contributed by atoms with van der Waals surface area (Å²) >= 11 is 0. The van der Waals surface area contributed by atoms with Crippen LogP contribution >= 0.6 is 0 Å². The second-order valence-corrected chi connectivity index (χ2v) is 45.6. The summed E-state index contributed by atoms with van der Waals surface area (Å²) in [5, 5.41) is 0. The molecule has 118 heavy (non-hydrogen) atoms. The minimum absolute atomic E-state index is 0. The van der Waals surface area contributed by atoms with Crippen LogP contribution in [0.25, 0.3) is 0 Å². The number of fused-ring (bicyclic) bond motifs is 2. The van der Waals surface area contributed by atoms with E-state index in [4.69, 9.17) is 23.7 Å². The number of hydrogen-bond acceptors (Lipinski definition) is 10. The first-order chi connectivity index (χ1) is 54.9. The summed E-state index contributed by atoms with van der Waals surface area (Å²) < 4.78 is 28.4. The lowest BCUT2D eigenvalue weighted by molar-refractivity contribution is -0.150. The molecule has 15 heteroatoms. The van der Waals surface area contributed by atoms with E-state index in [9.17, 15) is 24.0 Å². The van der Waals surface area contributed by atoms with Gasteiger partial charge in [-0.25, -0.2) is 0 Å². The Morgan fingerprint density at radius 1 is 0.305 bits per heavy atom. The second kappa shape index (κ2) is 44.5. The van der Waals surface area contributed by atoms with Crippen LogP contribution in [-0.4, -0.2) is 180 Å². The molecule has 15 nitrogen and oxygen atoms in total. The van der Waals surface area contributed by atoms with Crippen LogP contribution in [0.3, 0.4) is 0 Å². The quantitative estimate of drug-likeness (QED) is 0.115. The Morgan fingerprint density at radius 2 is 0.585 bits per heavy atom. The van der Waals surface area contributed by atoms with Crippen molar-refractivity contribution in [1.82, 2.24) is 24.5 Å². The number of nitrogens with zero attached hydrogens (tertiary/aromatic N) is 5. The second-order valence-electron chi connectivity index (χ2n) is 45.6. The Morgan fingerprint density at radius 3 is 0.873 bits per heavy atom. The van der Waals surface area contributed by atoms with Crippen molar-refractivity contribution in [3.8, 4) is 0 Å². The van der Waals surface area contributed by atoms with E-state index < -0.39 is 0 Å². The molecular formula is C103H189N5O10. The molecule has 0 radical (unpaired) electrons. The van der Waals surface area contributed by atoms with Crippen LogP contribution in [0.4, 0.5) is 0 Å². The summed E-state index contributed by atoms with van der Waals surface area (Å²) in [6, 6.07) is 4.25. The molecule has 10 aliphatic heterocycles. The summed E-state index contributed by atoms with van der Waals surface area (Å²) in [4.78, 5) is 79.9. The number of hydrogen-bond donors (Lipinski definition) is 0. The van der Waals surface area contributed by atoms with Gasteiger partial charge in [-0.3, -0.25) is 24.0 Å². The van der Waals surface area contributed by atoms with Gasteiger partial charge in [-0.1, -0.05) is 200 Å². The largest absolute Gasteiger partial charge is 0.381 e. The summed E-state index contributed by atoms with van der Waals surface area (Å²) in [5.41, 5.74) is 0.259. The summed E-state index contributed by atoms with van der Waals surface area (Å²) in [6.07, 6.45) is 24.5. The molecule has 2 saturated carbocycles. The molecular weight excluding hydrogens is 1470 g/mol. The first-order valence-electron chi connectivity index (χ1n) is 49.4. The number of ether oxygens (including phenoxy) is 5. The van der Waals surface area contributed by atoms with Gasteiger partial charge in [0.1, 0.15) is 0 Å². The van der Waals surface area contributed by atoms with Gasteiger partial charge in [0.15, 0.2) is 0 Å². The van der Waals surface area contributed by atoms with Gasteiger partial charge in [0.2, 0.25) is 29.5 Å². The fourth-order valence-corrected chi connectivity index (χ4v) is 26.5. The van der Waals surface area contributed by atoms with Gasteiger partial charge in [-0.2, -0.15) is 0 Å². The van der Waals surface area contributed by atoms with Crippen LogP contribution in [0.2, 0.25) is 0 Å². The smallest absolute Gasteiger partial charge is 0.227 e. The van der Waals surface area contributed by atoms with Gasteiger partial charge in [0, 0.05) is 136 Å². The number of carbonyl (C=O) groups excluding carboxylic acids is 5. The van der Waals surface area contributed by atoms with Crippen molar-refractivity contribution in [3.63, 3.8) is 0 Å². The van der Waals surface area contributed by atoms with Crippen molar-refractivity contribution in [2.75, 3.05) is 52.9 Å². The van der Waals surface area contributed by atoms with E-state index in [-0.39, 0.29) is 65.5 Å². The minimum Gasteiger partial charge on any atom is -0.381 e. The topological polar surface area (TPSA) is 148 Å². The molecule has 0 bridgehead atoms. The Labute approximate surface area is 726 Å². The van der Waals surface area contributed by atoms with Crippen molar-refractivity contribution in [1.29, 1.82) is 0 Å². The van der Waals surface area contributed by atoms with Gasteiger partial charge < -0.3 is 48.2 Å². The normalized spacial score (nSPS) is 34.5. The summed E-state index contributed by atoms with van der Waals surface area (Å²) in [5.74, 6) is 11.6. The number of carbonyl (C=O) groups is 5. The average Bonchev–Trinajstić information content (AvgIpc) is 1.62. The van der Waals surface area contributed by atoms with Gasteiger partial charge >= 0.3 is 0 Å². The van der Waals surface area contributed by atoms with Crippen LogP contribution in [0, 0.1) is 146 Å². The van der Waals surface area contributed by atoms with Gasteiger partial charge in [0.25, 0.3) is 0 Å². The van der Waals surface area contributed by atoms with E-state index in [0.717, 1.165) is 148 Å². The predicted octanol–water partition coefficient (Wildman–Crippen LogP) is 22.7. The Bertz CT molecular complexity index is 2960. The Kier molecular flexibility index (Phi) is 38.6. The van der Waals surface area contributed by atoms with E-state index in [2.05, 4.69) is 239 Å². The minimum atomic E-state index is 0. The van der Waals surface area contributed by atoms with Gasteiger partial charge in [0.05, 0.1) is 18.8 Å². The molecule has 10 heterocycles. The van der Waals surface area contributed by atoms with Crippen molar-refractivity contribution in [3.05, 3.63) is 0 Å². The molecule has 12 rings (SSSR count). The van der Waals surface area contributed by atoms with Crippen molar-refractivity contribution < 1.29 is 47.7 Å². The lowest BCUT2D eigenvalue weighted by Crippen LogP contribution is -2.52. The highest BCUT2D eigenvalue weighted by molar-refractivity contribution is 5.83. The third-order valence-corrected chi connectivity index (χ3v) is 33.5. The zero-order chi connectivity index (χ0) is 86.9. The lowest BCUT2D eigenvalue weighted by Gasteiger charge is -2.45. The maximum Gasteiger partial charge on any atom is 0.227 e. The van der Waals surface area contributed by atoms with Gasteiger partial charge in [-0.05, 0) is 273 Å². The van der Waals surface area contributed by atoms with Crippen LogP contribution in [0.1, 0.15) is 357 Å². The molecule has 18 unspecified atom stereocenters. The molecule has 0 spiro atoms. The third kappa shape index (κ3) is 23.7. The zero-order valence-electron chi connectivity index (χ0n) is 81.5. The number of rotatable bonds is 20. The van der Waals surface area contributed by atoms with E-state index >= 15 is 0 Å². The average molecular weight is 1660 g/mol. The van der Waals surface area contributed by atoms with Crippen LogP contribution < -0.4 is 0 Å². The first kappa shape index (κ1) is 102. The van der Waals surface area contributed by atoms with Crippen LogP contribution in [0.15, 0.2) is 0 Å². The molecule has 5 amide bonds. The molecule has 686 valence electrons. The number of amides is 5. The monoisotopic (exact) mass is 1660 g/mol. The molecule has 12 aliphatic rings. The molecule has 10 saturated heterocycles. The van der Waals surface area contributed by atoms with Gasteiger partial charge in [-0.15, -0.1) is 0 Å². The fraction of sp³-hybridized carbons (Fsp3) is 0.951. The van der Waals surface area contributed by atoms with Crippen molar-refractivity contribution in [2.45, 2.75) is 430 Å². The number of likely N-dealkylation sites (tertiary alicyclic amines) is 5. The lowest BCUT2D eigenvalue weighted by atomic mass is 9.66. The highest BCUT2D eigenvalue weighted by Gasteiger charge is 2.56. The fourth-order valence-electron chi connectivity index (χ4n) is 26.5. The highest BCUT2D eigenvalue weighted by atomic mass is 16.5. The molecule has 0 aromatic heterocycles. The predicted molar refractivity (Wildman–Crippen MR) is 488 cm³/mol. The van der Waals surface area contributed by atoms with Crippen molar-refractivity contribution in [2.24, 2.45) is 146 Å². The van der Waals surface area contributed by atoms with E-state index in [1.807, 2.05) is 0 Å². The van der Waals surface area contributed by atoms with Crippen LogP contribution in [-0.2, 0) is 47.7 Å². The van der Waals surface area contributed by atoms with E-state index in [0.29, 0.717) is 179 Å². The zero-order valence-corrected chi connectivity index (χ0v) is 81.5. The van der Waals surface area contributed by atoms with E-state index in [1.165, 1.54) is 51.4 Å². The Balaban J connectivity index is 0.000000203. The SMILES string of the molecule is C.CC(C)C(C(=O)N1C(C)C(C)C[C@H]1C(C)C)C1(C)CCOCC1.CC(C)C(C(=O)N1C(C)C(C)C[C@H]1C(C)C)C1(C)CCOCC1.CC(C)C(C(=O)N1C2CCCC2C[C@H]1C(C)C)C1(C)CCOCC1.CC(C)C(C(=O)N1C2CCCC2C[C@H]1C(C)C)C1CCCOC1.CC1CC(C(C(=O)N2C(C)C(C)C[C@H]2C(C)C)C(C)C)CC(C)O1. The summed E-state index contributed by atoms with van der Waals surface area (Å²) in [7, 11) is 0.